The Kier molecular flexibility index (Phi) is 4.29. The number of carboxylic acid groups (broad SMARTS) is 1. The van der Waals surface area contributed by atoms with E-state index in [-0.39, 0.29) is 5.57 Å². The lowest BCUT2D eigenvalue weighted by Gasteiger charge is -1.88. The highest BCUT2D eigenvalue weighted by molar-refractivity contribution is 5.88. The van der Waals surface area contributed by atoms with Gasteiger partial charge in [-0.2, -0.15) is 0 Å². The van der Waals surface area contributed by atoms with Gasteiger partial charge in [-0.3, -0.25) is 0 Å². The molecule has 0 bridgehead atoms. The summed E-state index contributed by atoms with van der Waals surface area (Å²) in [6.45, 7) is 5.38. The van der Waals surface area contributed by atoms with Crippen molar-refractivity contribution in [3.63, 3.8) is 0 Å². The highest BCUT2D eigenvalue weighted by atomic mass is 16.4. The summed E-state index contributed by atoms with van der Waals surface area (Å²) in [5, 5.41) is 8.33. The predicted molar refractivity (Wildman–Crippen MR) is 40.8 cm³/mol. The molecule has 0 aromatic carbocycles. The molecular weight excluding hydrogens is 128 g/mol. The van der Waals surface area contributed by atoms with E-state index in [1.54, 1.807) is 0 Å². The standard InChI is InChI=1S/C8H12O2/c1-3-4-5-6-7(2)8(9)10/h5-6H,2-4H2,1H3,(H,9,10)/b6-5+. The number of carbonyl (C=O) groups is 1. The predicted octanol–water partition coefficient (Wildman–Crippen LogP) is 1.98. The Morgan fingerprint density at radius 1 is 1.70 bits per heavy atom. The molecule has 0 amide bonds. The molecule has 0 saturated carbocycles. The molecular formula is C8H12O2. The maximum atomic E-state index is 10.1. The number of unbranched alkanes of at least 4 members (excludes halogenated alkanes) is 1. The maximum Gasteiger partial charge on any atom is 0.335 e. The minimum Gasteiger partial charge on any atom is -0.478 e. The molecule has 0 fully saturated rings. The second kappa shape index (κ2) is 4.79. The normalized spacial score (nSPS) is 10.1. The van der Waals surface area contributed by atoms with E-state index in [2.05, 4.69) is 6.58 Å². The first kappa shape index (κ1) is 8.95. The number of carboxylic acids is 1. The van der Waals surface area contributed by atoms with Crippen molar-refractivity contribution in [2.24, 2.45) is 0 Å². The Morgan fingerprint density at radius 2 is 2.30 bits per heavy atom. The smallest absolute Gasteiger partial charge is 0.335 e. The van der Waals surface area contributed by atoms with Gasteiger partial charge in [0.2, 0.25) is 0 Å². The molecule has 10 heavy (non-hydrogen) atoms. The van der Waals surface area contributed by atoms with Gasteiger partial charge in [0.05, 0.1) is 5.57 Å². The molecule has 0 aromatic heterocycles. The van der Waals surface area contributed by atoms with Crippen LogP contribution < -0.4 is 0 Å². The highest BCUT2D eigenvalue weighted by Crippen LogP contribution is 1.95. The van der Waals surface area contributed by atoms with Gasteiger partial charge in [0, 0.05) is 0 Å². The summed E-state index contributed by atoms with van der Waals surface area (Å²) in [5.74, 6) is -0.952. The van der Waals surface area contributed by atoms with Gasteiger partial charge in [-0.25, -0.2) is 4.79 Å². The van der Waals surface area contributed by atoms with Crippen molar-refractivity contribution in [2.45, 2.75) is 19.8 Å². The van der Waals surface area contributed by atoms with Crippen molar-refractivity contribution >= 4 is 5.97 Å². The quantitative estimate of drug-likeness (QED) is 0.479. The van der Waals surface area contributed by atoms with Crippen molar-refractivity contribution in [1.82, 2.24) is 0 Å². The SMILES string of the molecule is C=C(/C=C/CCC)C(=O)O. The molecule has 0 aliphatic carbocycles. The monoisotopic (exact) mass is 140 g/mol. The first-order chi connectivity index (χ1) is 4.68. The summed E-state index contributed by atoms with van der Waals surface area (Å²) in [6, 6.07) is 0. The van der Waals surface area contributed by atoms with Crippen LogP contribution in [0.3, 0.4) is 0 Å². The Labute approximate surface area is 60.9 Å². The summed E-state index contributed by atoms with van der Waals surface area (Å²) < 4.78 is 0. The van der Waals surface area contributed by atoms with Crippen LogP contribution in [0.1, 0.15) is 19.8 Å². The average molecular weight is 140 g/mol. The van der Waals surface area contributed by atoms with Crippen LogP contribution in [0.5, 0.6) is 0 Å². The average Bonchev–Trinajstić information content (AvgIpc) is 1.88. The fraction of sp³-hybridized carbons (Fsp3) is 0.375. The van der Waals surface area contributed by atoms with Crippen LogP contribution in [-0.2, 0) is 4.79 Å². The Hall–Kier alpha value is -1.05. The van der Waals surface area contributed by atoms with Crippen molar-refractivity contribution in [2.75, 3.05) is 0 Å². The second-order valence-corrected chi connectivity index (χ2v) is 2.02. The summed E-state index contributed by atoms with van der Waals surface area (Å²) in [7, 11) is 0. The molecule has 2 heteroatoms. The molecule has 0 aliphatic rings. The maximum absolute atomic E-state index is 10.1. The highest BCUT2D eigenvalue weighted by Gasteiger charge is 1.95. The van der Waals surface area contributed by atoms with Crippen LogP contribution in [0, 0.1) is 0 Å². The van der Waals surface area contributed by atoms with Crippen LogP contribution in [0.2, 0.25) is 0 Å². The van der Waals surface area contributed by atoms with E-state index in [1.807, 2.05) is 13.0 Å². The largest absolute Gasteiger partial charge is 0.478 e. The van der Waals surface area contributed by atoms with Crippen LogP contribution in [0.15, 0.2) is 24.3 Å². The summed E-state index contributed by atoms with van der Waals surface area (Å²) in [6.07, 6.45) is 5.29. The van der Waals surface area contributed by atoms with E-state index in [4.69, 9.17) is 5.11 Å². The van der Waals surface area contributed by atoms with E-state index in [0.717, 1.165) is 12.8 Å². The third kappa shape index (κ3) is 3.89. The fourth-order valence-corrected chi connectivity index (χ4v) is 0.464. The molecule has 0 saturated heterocycles. The van der Waals surface area contributed by atoms with E-state index >= 15 is 0 Å². The molecule has 0 heterocycles. The lowest BCUT2D eigenvalue weighted by Crippen LogP contribution is -1.94. The number of rotatable bonds is 4. The molecule has 0 aromatic rings. The molecule has 1 N–H and O–H groups in total. The summed E-state index contributed by atoms with van der Waals surface area (Å²) in [5.41, 5.74) is 0.147. The van der Waals surface area contributed by atoms with Gasteiger partial charge >= 0.3 is 5.97 Å². The number of aliphatic carboxylic acids is 1. The van der Waals surface area contributed by atoms with Crippen molar-refractivity contribution < 1.29 is 9.90 Å². The van der Waals surface area contributed by atoms with Crippen LogP contribution in [0.4, 0.5) is 0 Å². The Morgan fingerprint density at radius 3 is 2.70 bits per heavy atom. The van der Waals surface area contributed by atoms with Crippen LogP contribution in [-0.4, -0.2) is 11.1 Å². The third-order valence-corrected chi connectivity index (χ3v) is 1.05. The lowest BCUT2D eigenvalue weighted by atomic mass is 10.2. The van der Waals surface area contributed by atoms with Gasteiger partial charge in [-0.1, -0.05) is 32.1 Å². The van der Waals surface area contributed by atoms with Crippen LogP contribution >= 0.6 is 0 Å². The zero-order valence-electron chi connectivity index (χ0n) is 6.13. The molecule has 0 spiro atoms. The lowest BCUT2D eigenvalue weighted by molar-refractivity contribution is -0.132. The molecule has 0 radical (unpaired) electrons. The van der Waals surface area contributed by atoms with Gasteiger partial charge < -0.3 is 5.11 Å². The van der Waals surface area contributed by atoms with Crippen molar-refractivity contribution in [3.05, 3.63) is 24.3 Å². The van der Waals surface area contributed by atoms with Gasteiger partial charge in [0.25, 0.3) is 0 Å². The van der Waals surface area contributed by atoms with Crippen molar-refractivity contribution in [1.29, 1.82) is 0 Å². The number of hydrogen-bond donors (Lipinski definition) is 1. The number of hydrogen-bond acceptors (Lipinski definition) is 1. The first-order valence-corrected chi connectivity index (χ1v) is 3.27. The first-order valence-electron chi connectivity index (χ1n) is 3.27. The molecule has 56 valence electrons. The molecule has 0 unspecified atom stereocenters. The summed E-state index contributed by atoms with van der Waals surface area (Å²) >= 11 is 0. The molecule has 0 aliphatic heterocycles. The number of allylic oxidation sites excluding steroid dienone is 1. The van der Waals surface area contributed by atoms with Gasteiger partial charge in [0.15, 0.2) is 0 Å². The van der Waals surface area contributed by atoms with E-state index in [0.29, 0.717) is 0 Å². The fourth-order valence-electron chi connectivity index (χ4n) is 0.464. The Bertz CT molecular complexity index is 157. The van der Waals surface area contributed by atoms with E-state index in [9.17, 15) is 4.79 Å². The van der Waals surface area contributed by atoms with E-state index in [1.165, 1.54) is 6.08 Å². The second-order valence-electron chi connectivity index (χ2n) is 2.02. The molecule has 0 rings (SSSR count). The minimum absolute atomic E-state index is 0.147. The van der Waals surface area contributed by atoms with Gasteiger partial charge in [0.1, 0.15) is 0 Å². The van der Waals surface area contributed by atoms with E-state index < -0.39 is 5.97 Å². The molecule has 0 atom stereocenters. The van der Waals surface area contributed by atoms with Gasteiger partial charge in [-0.15, -0.1) is 0 Å². The Balaban J connectivity index is 3.67. The van der Waals surface area contributed by atoms with Crippen molar-refractivity contribution in [3.8, 4) is 0 Å². The van der Waals surface area contributed by atoms with Crippen LogP contribution in [0.25, 0.3) is 0 Å². The minimum atomic E-state index is -0.952. The zero-order chi connectivity index (χ0) is 7.98. The molecule has 2 nitrogen and oxygen atoms in total. The van der Waals surface area contributed by atoms with Gasteiger partial charge in [-0.05, 0) is 6.42 Å². The zero-order valence-corrected chi connectivity index (χ0v) is 6.13. The summed E-state index contributed by atoms with van der Waals surface area (Å²) in [4.78, 5) is 10.1. The topological polar surface area (TPSA) is 37.3 Å². The third-order valence-electron chi connectivity index (χ3n) is 1.05.